The maximum Gasteiger partial charge on any atom is 0.343 e. The molecule has 0 bridgehead atoms. The van der Waals surface area contributed by atoms with Crippen LogP contribution in [0.2, 0.25) is 0 Å². The average molecular weight is 313 g/mol. The first-order valence-corrected chi connectivity index (χ1v) is 7.63. The first-order valence-electron chi connectivity index (χ1n) is 7.63. The molecule has 2 rings (SSSR count). The predicted octanol–water partition coefficient (Wildman–Crippen LogP) is 3.51. The molecule has 1 aromatic heterocycles. The summed E-state index contributed by atoms with van der Waals surface area (Å²) in [5.41, 5.74) is 8.90. The summed E-state index contributed by atoms with van der Waals surface area (Å²) in [6.07, 6.45) is 1.06. The molecular weight excluding hydrogens is 290 g/mol. The summed E-state index contributed by atoms with van der Waals surface area (Å²) in [4.78, 5) is 20.4. The highest BCUT2D eigenvalue weighted by Gasteiger charge is 2.20. The number of carbonyl (C=O) groups excluding carboxylic acids is 1. The first kappa shape index (κ1) is 16.9. The SMILES string of the molecule is CCC(C)(C)c1ccc(-c2nc(C)c(C(=O)OC)c(N)n2)cc1. The molecule has 0 saturated heterocycles. The molecule has 0 fully saturated rings. The topological polar surface area (TPSA) is 78.1 Å². The minimum atomic E-state index is -0.522. The smallest absolute Gasteiger partial charge is 0.343 e. The van der Waals surface area contributed by atoms with Crippen molar-refractivity contribution in [3.8, 4) is 11.4 Å². The third-order valence-corrected chi connectivity index (χ3v) is 4.32. The minimum absolute atomic E-state index is 0.128. The standard InChI is InChI=1S/C18H23N3O2/c1-6-18(3,4)13-9-7-12(8-10-13)16-20-11(2)14(15(19)21-16)17(22)23-5/h7-10H,6H2,1-5H3,(H2,19,20,21). The van der Waals surface area contributed by atoms with Crippen LogP contribution in [0.5, 0.6) is 0 Å². The van der Waals surface area contributed by atoms with Gasteiger partial charge in [-0.25, -0.2) is 14.8 Å². The third kappa shape index (κ3) is 3.33. The van der Waals surface area contributed by atoms with Crippen LogP contribution < -0.4 is 5.73 Å². The summed E-state index contributed by atoms with van der Waals surface area (Å²) in [6.45, 7) is 8.33. The lowest BCUT2D eigenvalue weighted by atomic mass is 9.82. The summed E-state index contributed by atoms with van der Waals surface area (Å²) < 4.78 is 4.71. The molecule has 0 atom stereocenters. The van der Waals surface area contributed by atoms with Crippen molar-refractivity contribution in [1.82, 2.24) is 9.97 Å². The van der Waals surface area contributed by atoms with Crippen LogP contribution in [0.3, 0.4) is 0 Å². The molecule has 1 heterocycles. The van der Waals surface area contributed by atoms with Crippen molar-refractivity contribution in [3.05, 3.63) is 41.1 Å². The number of benzene rings is 1. The summed E-state index contributed by atoms with van der Waals surface area (Å²) in [7, 11) is 1.31. The Bertz CT molecular complexity index is 699. The predicted molar refractivity (Wildman–Crippen MR) is 91.3 cm³/mol. The van der Waals surface area contributed by atoms with Gasteiger partial charge in [0.2, 0.25) is 0 Å². The van der Waals surface area contributed by atoms with Crippen molar-refractivity contribution in [3.63, 3.8) is 0 Å². The van der Waals surface area contributed by atoms with Crippen LogP contribution in [0.15, 0.2) is 24.3 Å². The minimum Gasteiger partial charge on any atom is -0.465 e. The van der Waals surface area contributed by atoms with E-state index in [-0.39, 0.29) is 16.8 Å². The number of rotatable bonds is 4. The van der Waals surface area contributed by atoms with E-state index in [4.69, 9.17) is 10.5 Å². The van der Waals surface area contributed by atoms with Crippen LogP contribution in [0.25, 0.3) is 11.4 Å². The number of nitrogens with two attached hydrogens (primary N) is 1. The molecule has 0 saturated carbocycles. The molecule has 0 aliphatic carbocycles. The molecule has 0 unspecified atom stereocenters. The summed E-state index contributed by atoms with van der Waals surface area (Å²) in [5.74, 6) is 0.123. The Labute approximate surface area is 136 Å². The first-order chi connectivity index (χ1) is 10.8. The second kappa shape index (κ2) is 6.36. The Balaban J connectivity index is 2.42. The van der Waals surface area contributed by atoms with E-state index in [9.17, 15) is 4.79 Å². The number of hydrogen-bond acceptors (Lipinski definition) is 5. The number of anilines is 1. The van der Waals surface area contributed by atoms with Gasteiger partial charge in [-0.1, -0.05) is 45.0 Å². The lowest BCUT2D eigenvalue weighted by molar-refractivity contribution is 0.0600. The maximum atomic E-state index is 11.7. The molecule has 122 valence electrons. The highest BCUT2D eigenvalue weighted by Crippen LogP contribution is 2.29. The molecule has 0 aliphatic heterocycles. The zero-order valence-corrected chi connectivity index (χ0v) is 14.3. The number of aromatic nitrogens is 2. The molecule has 0 aliphatic rings. The van der Waals surface area contributed by atoms with Crippen LogP contribution in [0.4, 0.5) is 5.82 Å². The Morgan fingerprint density at radius 1 is 1.22 bits per heavy atom. The van der Waals surface area contributed by atoms with Gasteiger partial charge in [-0.3, -0.25) is 0 Å². The Kier molecular flexibility index (Phi) is 4.68. The third-order valence-electron chi connectivity index (χ3n) is 4.32. The van der Waals surface area contributed by atoms with Gasteiger partial charge in [0, 0.05) is 5.56 Å². The molecule has 23 heavy (non-hydrogen) atoms. The van der Waals surface area contributed by atoms with Crippen LogP contribution in [0.1, 0.15) is 48.8 Å². The highest BCUT2D eigenvalue weighted by atomic mass is 16.5. The Morgan fingerprint density at radius 2 is 1.83 bits per heavy atom. The fourth-order valence-corrected chi connectivity index (χ4v) is 2.35. The van der Waals surface area contributed by atoms with Crippen molar-refractivity contribution >= 4 is 11.8 Å². The van der Waals surface area contributed by atoms with Crippen LogP contribution in [0, 0.1) is 6.92 Å². The molecule has 1 aromatic carbocycles. The van der Waals surface area contributed by atoms with Crippen molar-refractivity contribution in [2.75, 3.05) is 12.8 Å². The second-order valence-electron chi connectivity index (χ2n) is 6.20. The number of carbonyl (C=O) groups is 1. The van der Waals surface area contributed by atoms with E-state index in [0.717, 1.165) is 12.0 Å². The van der Waals surface area contributed by atoms with Gasteiger partial charge in [-0.2, -0.15) is 0 Å². The van der Waals surface area contributed by atoms with Gasteiger partial charge >= 0.3 is 5.97 Å². The molecule has 0 amide bonds. The summed E-state index contributed by atoms with van der Waals surface area (Å²) in [5, 5.41) is 0. The van der Waals surface area contributed by atoms with E-state index in [0.29, 0.717) is 11.5 Å². The van der Waals surface area contributed by atoms with Crippen LogP contribution in [-0.4, -0.2) is 23.0 Å². The Hall–Kier alpha value is -2.43. The lowest BCUT2D eigenvalue weighted by Crippen LogP contribution is -2.15. The fraction of sp³-hybridized carbons (Fsp3) is 0.389. The monoisotopic (exact) mass is 313 g/mol. The zero-order chi connectivity index (χ0) is 17.2. The van der Waals surface area contributed by atoms with E-state index in [1.165, 1.54) is 12.7 Å². The van der Waals surface area contributed by atoms with Gasteiger partial charge in [0.25, 0.3) is 0 Å². The van der Waals surface area contributed by atoms with Gasteiger partial charge in [0.05, 0.1) is 12.8 Å². The largest absolute Gasteiger partial charge is 0.465 e. The van der Waals surface area contributed by atoms with Crippen molar-refractivity contribution in [2.24, 2.45) is 0 Å². The highest BCUT2D eigenvalue weighted by molar-refractivity contribution is 5.95. The van der Waals surface area contributed by atoms with E-state index in [1.807, 2.05) is 12.1 Å². The quantitative estimate of drug-likeness (QED) is 0.874. The van der Waals surface area contributed by atoms with Crippen molar-refractivity contribution in [1.29, 1.82) is 0 Å². The molecular formula is C18H23N3O2. The average Bonchev–Trinajstić information content (AvgIpc) is 2.54. The number of ether oxygens (including phenoxy) is 1. The van der Waals surface area contributed by atoms with Gasteiger partial charge < -0.3 is 10.5 Å². The van der Waals surface area contributed by atoms with E-state index in [1.54, 1.807) is 6.92 Å². The van der Waals surface area contributed by atoms with E-state index in [2.05, 4.69) is 42.9 Å². The fourth-order valence-electron chi connectivity index (χ4n) is 2.35. The molecule has 5 heteroatoms. The molecule has 2 N–H and O–H groups in total. The van der Waals surface area contributed by atoms with Gasteiger partial charge in [-0.15, -0.1) is 0 Å². The van der Waals surface area contributed by atoms with Gasteiger partial charge in [0.1, 0.15) is 11.4 Å². The van der Waals surface area contributed by atoms with Crippen LogP contribution >= 0.6 is 0 Å². The van der Waals surface area contributed by atoms with Gasteiger partial charge in [0.15, 0.2) is 5.82 Å². The maximum absolute atomic E-state index is 11.7. The van der Waals surface area contributed by atoms with Gasteiger partial charge in [-0.05, 0) is 24.3 Å². The number of hydrogen-bond donors (Lipinski definition) is 1. The molecule has 2 aromatic rings. The number of aryl methyl sites for hydroxylation is 1. The second-order valence-corrected chi connectivity index (χ2v) is 6.20. The number of nitrogen functional groups attached to an aromatic ring is 1. The van der Waals surface area contributed by atoms with Crippen LogP contribution in [-0.2, 0) is 10.2 Å². The normalized spacial score (nSPS) is 11.3. The molecule has 0 spiro atoms. The lowest BCUT2D eigenvalue weighted by Gasteiger charge is -2.23. The molecule has 5 nitrogen and oxygen atoms in total. The number of methoxy groups -OCH3 is 1. The van der Waals surface area contributed by atoms with Crippen molar-refractivity contribution < 1.29 is 9.53 Å². The molecule has 0 radical (unpaired) electrons. The van der Waals surface area contributed by atoms with E-state index >= 15 is 0 Å². The summed E-state index contributed by atoms with van der Waals surface area (Å²) >= 11 is 0. The number of nitrogens with zero attached hydrogens (tertiary/aromatic N) is 2. The Morgan fingerprint density at radius 3 is 2.30 bits per heavy atom. The van der Waals surface area contributed by atoms with E-state index < -0.39 is 5.97 Å². The summed E-state index contributed by atoms with van der Waals surface area (Å²) in [6, 6.07) is 8.14. The zero-order valence-electron chi connectivity index (χ0n) is 14.3. The van der Waals surface area contributed by atoms with Crippen molar-refractivity contribution in [2.45, 2.75) is 39.5 Å². The number of esters is 1.